The van der Waals surface area contributed by atoms with Gasteiger partial charge in [0.25, 0.3) is 0 Å². The van der Waals surface area contributed by atoms with Crippen LogP contribution in [0, 0.1) is 11.8 Å². The largest absolute Gasteiger partial charge is 0.760 e. The Morgan fingerprint density at radius 2 is 2.00 bits per heavy atom. The number of nitrogens with one attached hydrogen (secondary N) is 1. The van der Waals surface area contributed by atoms with Crippen molar-refractivity contribution in [1.29, 1.82) is 0 Å². The molecule has 2 aliphatic rings. The Kier molecular flexibility index (Phi) is 6.89. The van der Waals surface area contributed by atoms with Crippen molar-refractivity contribution in [3.63, 3.8) is 0 Å². The van der Waals surface area contributed by atoms with Crippen LogP contribution in [-0.2, 0) is 23.1 Å². The van der Waals surface area contributed by atoms with Gasteiger partial charge in [0.05, 0.1) is 0 Å². The molecule has 1 saturated carbocycles. The lowest BCUT2D eigenvalue weighted by Gasteiger charge is -2.24. The molecule has 3 rings (SSSR count). The average molecular weight is 378 g/mol. The van der Waals surface area contributed by atoms with E-state index in [2.05, 4.69) is 47.7 Å². The second kappa shape index (κ2) is 8.96. The Morgan fingerprint density at radius 3 is 2.69 bits per heavy atom. The summed E-state index contributed by atoms with van der Waals surface area (Å²) in [5, 5.41) is 0. The van der Waals surface area contributed by atoms with Gasteiger partial charge in [0.2, 0.25) is 0 Å². The minimum Gasteiger partial charge on any atom is -0.760 e. The average Bonchev–Trinajstić information content (AvgIpc) is 2.98. The Balaban J connectivity index is 1.48. The first-order chi connectivity index (χ1) is 12.6. The van der Waals surface area contributed by atoms with Gasteiger partial charge in [0.1, 0.15) is 0 Å². The van der Waals surface area contributed by atoms with Crippen molar-refractivity contribution in [3.05, 3.63) is 35.4 Å². The van der Waals surface area contributed by atoms with Crippen LogP contribution in [0.1, 0.15) is 57.1 Å². The summed E-state index contributed by atoms with van der Waals surface area (Å²) in [7, 11) is 0. The van der Waals surface area contributed by atoms with Crippen molar-refractivity contribution in [2.24, 2.45) is 11.8 Å². The molecule has 1 aromatic carbocycles. The highest BCUT2D eigenvalue weighted by molar-refractivity contribution is 7.77. The number of piperidine rings is 1. The van der Waals surface area contributed by atoms with E-state index in [1.807, 2.05) is 0 Å². The molecule has 1 aromatic rings. The van der Waals surface area contributed by atoms with E-state index in [9.17, 15) is 8.76 Å². The lowest BCUT2D eigenvalue weighted by atomic mass is 9.90. The Bertz CT molecular complexity index is 610. The molecule has 1 aliphatic carbocycles. The second-order valence-electron chi connectivity index (χ2n) is 8.25. The number of nitrogens with zero attached hydrogens (tertiary/aromatic N) is 1. The summed E-state index contributed by atoms with van der Waals surface area (Å²) in [6, 6.07) is 8.99. The maximum atomic E-state index is 10.5. The van der Waals surface area contributed by atoms with Crippen LogP contribution in [0.4, 0.5) is 0 Å². The van der Waals surface area contributed by atoms with Gasteiger partial charge >= 0.3 is 0 Å². The first-order valence-corrected chi connectivity index (χ1v) is 11.3. The van der Waals surface area contributed by atoms with Crippen molar-refractivity contribution in [1.82, 2.24) is 9.62 Å². The first kappa shape index (κ1) is 20.0. The summed E-state index contributed by atoms with van der Waals surface area (Å²) in [5.74, 6) is 1.63. The molecule has 146 valence electrons. The van der Waals surface area contributed by atoms with Crippen molar-refractivity contribution in [3.8, 4) is 0 Å². The van der Waals surface area contributed by atoms with Crippen molar-refractivity contribution < 1.29 is 8.76 Å². The maximum Gasteiger partial charge on any atom is 0.0181 e. The summed E-state index contributed by atoms with van der Waals surface area (Å²) in [6.45, 7) is 9.02. The summed E-state index contributed by atoms with van der Waals surface area (Å²) in [5.41, 5.74) is 3.16. The maximum absolute atomic E-state index is 10.5. The third-order valence-corrected chi connectivity index (χ3v) is 7.01. The Labute approximate surface area is 161 Å². The SMILES string of the molecule is CCCCCCN1CC2C(C1)C2(C)c1cccc(CCCNS(=O)[O-])c1. The third-order valence-electron chi connectivity index (χ3n) is 6.57. The topological polar surface area (TPSA) is 55.4 Å². The highest BCUT2D eigenvalue weighted by Crippen LogP contribution is 2.63. The van der Waals surface area contributed by atoms with E-state index < -0.39 is 11.3 Å². The van der Waals surface area contributed by atoms with Crippen molar-refractivity contribution in [2.75, 3.05) is 26.2 Å². The zero-order valence-electron chi connectivity index (χ0n) is 16.2. The van der Waals surface area contributed by atoms with Gasteiger partial charge in [-0.15, -0.1) is 0 Å². The van der Waals surface area contributed by atoms with Crippen LogP contribution in [-0.4, -0.2) is 39.8 Å². The molecule has 0 amide bonds. The lowest BCUT2D eigenvalue weighted by molar-refractivity contribution is 0.271. The van der Waals surface area contributed by atoms with Gasteiger partial charge in [-0.05, 0) is 48.8 Å². The van der Waals surface area contributed by atoms with E-state index >= 15 is 0 Å². The van der Waals surface area contributed by atoms with Gasteiger partial charge in [0, 0.05) is 36.3 Å². The number of hydrogen-bond donors (Lipinski definition) is 1. The molecule has 2 fully saturated rings. The van der Waals surface area contributed by atoms with Gasteiger partial charge in [0.15, 0.2) is 0 Å². The van der Waals surface area contributed by atoms with Crippen LogP contribution in [0.3, 0.4) is 0 Å². The number of unbranched alkanes of at least 4 members (excludes halogenated alkanes) is 3. The number of rotatable bonds is 11. The zero-order chi connectivity index (χ0) is 18.6. The van der Waals surface area contributed by atoms with Crippen molar-refractivity contribution in [2.45, 2.75) is 57.8 Å². The molecular formula is C21H33N2O2S-. The van der Waals surface area contributed by atoms with E-state index in [1.54, 1.807) is 0 Å². The molecule has 3 atom stereocenters. The minimum atomic E-state index is -2.15. The Morgan fingerprint density at radius 1 is 1.23 bits per heavy atom. The lowest BCUT2D eigenvalue weighted by Crippen LogP contribution is -2.29. The molecule has 0 bridgehead atoms. The van der Waals surface area contributed by atoms with Gasteiger partial charge in [-0.1, -0.05) is 57.4 Å². The second-order valence-corrected chi connectivity index (χ2v) is 9.01. The fourth-order valence-electron chi connectivity index (χ4n) is 4.85. The summed E-state index contributed by atoms with van der Waals surface area (Å²) in [4.78, 5) is 2.67. The zero-order valence-corrected chi connectivity index (χ0v) is 17.0. The van der Waals surface area contributed by atoms with E-state index in [1.165, 1.54) is 56.4 Å². The minimum absolute atomic E-state index is 0.352. The molecule has 1 aliphatic heterocycles. The molecule has 0 spiro atoms. The smallest absolute Gasteiger partial charge is 0.0181 e. The normalized spacial score (nSPS) is 28.9. The third kappa shape index (κ3) is 4.56. The number of benzene rings is 1. The molecule has 26 heavy (non-hydrogen) atoms. The van der Waals surface area contributed by atoms with Crippen LogP contribution in [0.15, 0.2) is 24.3 Å². The monoisotopic (exact) mass is 377 g/mol. The fraction of sp³-hybridized carbons (Fsp3) is 0.714. The molecule has 3 unspecified atom stereocenters. The van der Waals surface area contributed by atoms with Gasteiger partial charge in [-0.25, -0.2) is 4.72 Å². The van der Waals surface area contributed by atoms with E-state index in [0.717, 1.165) is 24.7 Å². The van der Waals surface area contributed by atoms with Crippen LogP contribution in [0.5, 0.6) is 0 Å². The van der Waals surface area contributed by atoms with Crippen molar-refractivity contribution >= 4 is 11.3 Å². The molecule has 1 N–H and O–H groups in total. The van der Waals surface area contributed by atoms with Gasteiger partial charge in [-0.2, -0.15) is 0 Å². The van der Waals surface area contributed by atoms with Crippen LogP contribution in [0.25, 0.3) is 0 Å². The predicted molar refractivity (Wildman–Crippen MR) is 107 cm³/mol. The number of likely N-dealkylation sites (tertiary alicyclic amines) is 1. The van der Waals surface area contributed by atoms with Crippen LogP contribution >= 0.6 is 0 Å². The van der Waals surface area contributed by atoms with E-state index in [0.29, 0.717) is 12.0 Å². The van der Waals surface area contributed by atoms with Crippen LogP contribution < -0.4 is 4.72 Å². The van der Waals surface area contributed by atoms with E-state index in [4.69, 9.17) is 0 Å². The molecule has 4 nitrogen and oxygen atoms in total. The summed E-state index contributed by atoms with van der Waals surface area (Å²) >= 11 is -2.15. The highest BCUT2D eigenvalue weighted by Gasteiger charge is 2.65. The molecule has 5 heteroatoms. The summed E-state index contributed by atoms with van der Waals surface area (Å²) in [6.07, 6.45) is 7.16. The molecule has 0 radical (unpaired) electrons. The van der Waals surface area contributed by atoms with Gasteiger partial charge in [-0.3, -0.25) is 4.21 Å². The predicted octanol–water partition coefficient (Wildman–Crippen LogP) is 3.40. The molecular weight excluding hydrogens is 344 g/mol. The number of hydrogen-bond acceptors (Lipinski definition) is 3. The molecule has 1 heterocycles. The quantitative estimate of drug-likeness (QED) is 0.475. The molecule has 0 aromatic heterocycles. The summed E-state index contributed by atoms with van der Waals surface area (Å²) < 4.78 is 23.5. The van der Waals surface area contributed by atoms with Crippen LogP contribution in [0.2, 0.25) is 0 Å². The van der Waals surface area contributed by atoms with Gasteiger partial charge < -0.3 is 9.45 Å². The standard InChI is InChI=1S/C21H34N2O2S/c1-3-4-5-6-13-23-15-19-20(16-23)21(19,2)18-11-7-9-17(14-18)10-8-12-22-26(24)25/h7,9,11,14,19-20,22H,3-6,8,10,12-13,15-16H2,1-2H3,(H,24,25)/p-1. The number of fused-ring (bicyclic) bond motifs is 1. The molecule has 1 saturated heterocycles. The van der Waals surface area contributed by atoms with E-state index in [-0.39, 0.29) is 0 Å². The highest BCUT2D eigenvalue weighted by atomic mass is 32.2. The number of aryl methyl sites for hydroxylation is 1. The fourth-order valence-corrected chi connectivity index (χ4v) is 5.16. The first-order valence-electron chi connectivity index (χ1n) is 10.2. The Hall–Kier alpha value is -0.750.